The van der Waals surface area contributed by atoms with Crippen LogP contribution in [0.4, 0.5) is 0 Å². The molecule has 1 atom stereocenters. The van der Waals surface area contributed by atoms with Gasteiger partial charge in [-0.15, -0.1) is 0 Å². The number of rotatable bonds is 9. The highest BCUT2D eigenvalue weighted by atomic mass is 16.5. The van der Waals surface area contributed by atoms with Crippen molar-refractivity contribution in [1.82, 2.24) is 15.0 Å². The summed E-state index contributed by atoms with van der Waals surface area (Å²) in [7, 11) is 2.52. The molecule has 0 aliphatic rings. The molecule has 1 aromatic carbocycles. The fraction of sp³-hybridized carbons (Fsp3) is 0.520. The van der Waals surface area contributed by atoms with Gasteiger partial charge in [0.05, 0.1) is 31.4 Å². The second kappa shape index (κ2) is 12.9. The lowest BCUT2D eigenvalue weighted by Gasteiger charge is -2.14. The third-order valence-corrected chi connectivity index (χ3v) is 5.32. The first kappa shape index (κ1) is 27.0. The molecular weight excluding hydrogens is 436 g/mol. The van der Waals surface area contributed by atoms with Crippen LogP contribution in [0.3, 0.4) is 0 Å². The van der Waals surface area contributed by atoms with Crippen molar-refractivity contribution < 1.29 is 23.5 Å². The molecule has 2 aromatic heterocycles. The first-order valence-corrected chi connectivity index (χ1v) is 11.4. The number of imidazole rings is 1. The summed E-state index contributed by atoms with van der Waals surface area (Å²) in [6.45, 7) is 8.87. The van der Waals surface area contributed by atoms with Gasteiger partial charge in [-0.05, 0) is 42.9 Å². The zero-order valence-corrected chi connectivity index (χ0v) is 20.8. The number of aromatic amines is 1. The van der Waals surface area contributed by atoms with E-state index in [1.54, 1.807) is 6.20 Å². The third-order valence-electron chi connectivity index (χ3n) is 5.32. The fourth-order valence-corrected chi connectivity index (χ4v) is 3.67. The minimum atomic E-state index is -0.782. The SMILES string of the molecule is CC(C)CC(CN)c1nc2ccc(-c3cnco3)cc2[nH]1.COC(=O)C(CC(C)C)C(=O)OC. The van der Waals surface area contributed by atoms with Crippen molar-refractivity contribution in [2.24, 2.45) is 23.5 Å². The van der Waals surface area contributed by atoms with Gasteiger partial charge in [-0.3, -0.25) is 9.59 Å². The molecular formula is C25H36N4O5. The predicted octanol–water partition coefficient (Wildman–Crippen LogP) is 4.30. The topological polar surface area (TPSA) is 133 Å². The van der Waals surface area contributed by atoms with Crippen LogP contribution in [-0.4, -0.2) is 47.7 Å². The standard InChI is InChI=1S/C16H20N4O.C9H16O4/c1-10(2)5-12(7-17)16-19-13-4-3-11(6-14(13)20-16)15-8-18-9-21-15;1-6(2)5-7(8(10)12-3)9(11)13-4/h3-4,6,8-10,12H,5,7,17H2,1-2H3,(H,19,20);6-7H,5H2,1-4H3. The molecule has 34 heavy (non-hydrogen) atoms. The van der Waals surface area contributed by atoms with Crippen LogP contribution >= 0.6 is 0 Å². The Hall–Kier alpha value is -3.20. The average Bonchev–Trinajstić information content (AvgIpc) is 3.49. The maximum absolute atomic E-state index is 11.1. The molecule has 0 bridgehead atoms. The zero-order chi connectivity index (χ0) is 25.3. The van der Waals surface area contributed by atoms with E-state index in [1.165, 1.54) is 20.6 Å². The molecule has 0 saturated heterocycles. The normalized spacial score (nSPS) is 12.1. The van der Waals surface area contributed by atoms with Crippen molar-refractivity contribution in [3.8, 4) is 11.3 Å². The van der Waals surface area contributed by atoms with E-state index in [9.17, 15) is 9.59 Å². The van der Waals surface area contributed by atoms with E-state index in [1.807, 2.05) is 32.0 Å². The highest BCUT2D eigenvalue weighted by Gasteiger charge is 2.29. The van der Waals surface area contributed by atoms with E-state index in [-0.39, 0.29) is 11.8 Å². The molecule has 0 spiro atoms. The quantitative estimate of drug-likeness (QED) is 0.348. The van der Waals surface area contributed by atoms with Crippen LogP contribution in [0.1, 0.15) is 52.3 Å². The van der Waals surface area contributed by atoms with Crippen molar-refractivity contribution in [1.29, 1.82) is 0 Å². The molecule has 186 valence electrons. The molecule has 3 aromatic rings. The Kier molecular flexibility index (Phi) is 10.2. The van der Waals surface area contributed by atoms with Crippen LogP contribution < -0.4 is 5.73 Å². The van der Waals surface area contributed by atoms with E-state index < -0.39 is 17.9 Å². The Bertz CT molecular complexity index is 1030. The molecule has 3 N–H and O–H groups in total. The number of fused-ring (bicyclic) bond motifs is 1. The fourth-order valence-electron chi connectivity index (χ4n) is 3.67. The zero-order valence-electron chi connectivity index (χ0n) is 20.8. The van der Waals surface area contributed by atoms with Crippen molar-refractivity contribution in [2.45, 2.75) is 46.5 Å². The van der Waals surface area contributed by atoms with Crippen LogP contribution in [0.2, 0.25) is 0 Å². The molecule has 9 nitrogen and oxygen atoms in total. The maximum Gasteiger partial charge on any atom is 0.320 e. The summed E-state index contributed by atoms with van der Waals surface area (Å²) in [6.07, 6.45) is 4.63. The second-order valence-electron chi connectivity index (χ2n) is 9.01. The number of carbonyl (C=O) groups is 2. The number of nitrogens with one attached hydrogen (secondary N) is 1. The molecule has 0 saturated carbocycles. The lowest BCUT2D eigenvalue weighted by molar-refractivity contribution is -0.159. The van der Waals surface area contributed by atoms with Crippen molar-refractivity contribution >= 4 is 23.0 Å². The minimum Gasteiger partial charge on any atom is -0.468 e. The number of nitrogens with zero attached hydrogens (tertiary/aromatic N) is 2. The summed E-state index contributed by atoms with van der Waals surface area (Å²) in [6, 6.07) is 6.03. The molecule has 0 aliphatic carbocycles. The van der Waals surface area contributed by atoms with Gasteiger partial charge in [0.1, 0.15) is 5.82 Å². The number of nitrogens with two attached hydrogens (primary N) is 1. The van der Waals surface area contributed by atoms with Crippen molar-refractivity contribution in [2.75, 3.05) is 20.8 Å². The lowest BCUT2D eigenvalue weighted by Crippen LogP contribution is -2.27. The minimum absolute atomic E-state index is 0.253. The van der Waals surface area contributed by atoms with Gasteiger partial charge in [0, 0.05) is 18.0 Å². The number of methoxy groups -OCH3 is 2. The summed E-state index contributed by atoms with van der Waals surface area (Å²) < 4.78 is 14.3. The van der Waals surface area contributed by atoms with Gasteiger partial charge in [0.25, 0.3) is 0 Å². The number of aromatic nitrogens is 3. The lowest BCUT2D eigenvalue weighted by atomic mass is 9.97. The number of H-pyrrole nitrogens is 1. The number of hydrogen-bond acceptors (Lipinski definition) is 8. The van der Waals surface area contributed by atoms with Crippen molar-refractivity contribution in [3.63, 3.8) is 0 Å². The van der Waals surface area contributed by atoms with Gasteiger partial charge in [-0.1, -0.05) is 27.7 Å². The van der Waals surface area contributed by atoms with E-state index in [0.717, 1.165) is 34.6 Å². The van der Waals surface area contributed by atoms with Crippen LogP contribution in [0, 0.1) is 17.8 Å². The number of ether oxygens (including phenoxy) is 2. The molecule has 2 heterocycles. The highest BCUT2D eigenvalue weighted by Crippen LogP contribution is 2.26. The molecule has 1 unspecified atom stereocenters. The summed E-state index contributed by atoms with van der Waals surface area (Å²) in [5, 5.41) is 0. The van der Waals surface area contributed by atoms with Gasteiger partial charge in [0.2, 0.25) is 0 Å². The molecule has 0 radical (unpaired) electrons. The molecule has 0 fully saturated rings. The van der Waals surface area contributed by atoms with E-state index in [2.05, 4.69) is 38.3 Å². The maximum atomic E-state index is 11.1. The number of hydrogen-bond donors (Lipinski definition) is 2. The Morgan fingerprint density at radius 2 is 1.71 bits per heavy atom. The number of oxazole rings is 1. The van der Waals surface area contributed by atoms with Crippen molar-refractivity contribution in [3.05, 3.63) is 36.6 Å². The predicted molar refractivity (Wildman–Crippen MR) is 130 cm³/mol. The van der Waals surface area contributed by atoms with Crippen LogP contribution in [0.5, 0.6) is 0 Å². The summed E-state index contributed by atoms with van der Waals surface area (Å²) in [4.78, 5) is 34.3. The first-order chi connectivity index (χ1) is 16.2. The van der Waals surface area contributed by atoms with E-state index in [0.29, 0.717) is 18.9 Å². The van der Waals surface area contributed by atoms with Crippen LogP contribution in [-0.2, 0) is 19.1 Å². The molecule has 9 heteroatoms. The second-order valence-corrected chi connectivity index (χ2v) is 9.01. The molecule has 0 aliphatic heterocycles. The summed E-state index contributed by atoms with van der Waals surface area (Å²) in [5.74, 6) is 1.00. The van der Waals surface area contributed by atoms with Crippen LogP contribution in [0.25, 0.3) is 22.4 Å². The first-order valence-electron chi connectivity index (χ1n) is 11.4. The Balaban J connectivity index is 0.000000273. The van der Waals surface area contributed by atoms with Gasteiger partial charge in [-0.2, -0.15) is 0 Å². The van der Waals surface area contributed by atoms with E-state index in [4.69, 9.17) is 10.2 Å². The highest BCUT2D eigenvalue weighted by molar-refractivity contribution is 5.94. The Labute approximate surface area is 200 Å². The van der Waals surface area contributed by atoms with Crippen LogP contribution in [0.15, 0.2) is 35.2 Å². The number of esters is 2. The number of carbonyl (C=O) groups excluding carboxylic acids is 2. The summed E-state index contributed by atoms with van der Waals surface area (Å²) >= 11 is 0. The average molecular weight is 473 g/mol. The Morgan fingerprint density at radius 1 is 1.06 bits per heavy atom. The smallest absolute Gasteiger partial charge is 0.320 e. The van der Waals surface area contributed by atoms with Gasteiger partial charge < -0.3 is 24.6 Å². The molecule has 3 rings (SSSR count). The largest absolute Gasteiger partial charge is 0.468 e. The Morgan fingerprint density at radius 3 is 2.21 bits per heavy atom. The summed E-state index contributed by atoms with van der Waals surface area (Å²) in [5.41, 5.74) is 8.84. The van der Waals surface area contributed by atoms with E-state index >= 15 is 0 Å². The third kappa shape index (κ3) is 7.41. The van der Waals surface area contributed by atoms with Gasteiger partial charge in [-0.25, -0.2) is 9.97 Å². The van der Waals surface area contributed by atoms with Gasteiger partial charge >= 0.3 is 11.9 Å². The monoisotopic (exact) mass is 472 g/mol. The van der Waals surface area contributed by atoms with Gasteiger partial charge in [0.15, 0.2) is 18.1 Å². The molecule has 0 amide bonds. The number of benzene rings is 1.